The molecule has 1 saturated heterocycles. The van der Waals surface area contributed by atoms with E-state index in [0.29, 0.717) is 4.87 Å². The molecule has 2 fully saturated rings. The predicted octanol–water partition coefficient (Wildman–Crippen LogP) is 2.62. The smallest absolute Gasteiger partial charge is 0.0673 e. The highest BCUT2D eigenvalue weighted by Gasteiger charge is 2.48. The van der Waals surface area contributed by atoms with Crippen LogP contribution in [0.2, 0.25) is 0 Å². The van der Waals surface area contributed by atoms with Gasteiger partial charge in [-0.05, 0) is 31.6 Å². The van der Waals surface area contributed by atoms with Crippen LogP contribution in [0.1, 0.15) is 39.5 Å². The summed E-state index contributed by atoms with van der Waals surface area (Å²) in [5.74, 6) is 2.32. The molecule has 1 heterocycles. The molecule has 2 heteroatoms. The third-order valence-electron chi connectivity index (χ3n) is 3.25. The van der Waals surface area contributed by atoms with Gasteiger partial charge in [0.2, 0.25) is 0 Å². The molecule has 2 unspecified atom stereocenters. The summed E-state index contributed by atoms with van der Waals surface area (Å²) in [6, 6.07) is 0.788. The maximum absolute atomic E-state index is 3.83. The highest BCUT2D eigenvalue weighted by Crippen LogP contribution is 2.51. The largest absolute Gasteiger partial charge is 0.299 e. The molecule has 0 aromatic carbocycles. The zero-order valence-corrected chi connectivity index (χ0v) is 8.91. The Morgan fingerprint density at radius 3 is 2.58 bits per heavy atom. The fourth-order valence-corrected chi connectivity index (χ4v) is 3.92. The molecular weight excluding hydrogens is 166 g/mol. The van der Waals surface area contributed by atoms with Gasteiger partial charge in [-0.15, -0.1) is 11.8 Å². The van der Waals surface area contributed by atoms with E-state index in [9.17, 15) is 0 Å². The van der Waals surface area contributed by atoms with E-state index in [2.05, 4.69) is 30.9 Å². The van der Waals surface area contributed by atoms with Crippen LogP contribution in [0, 0.1) is 5.92 Å². The standard InChI is InChI=1S/C10H19NS/c1-3-9-7-12-10(4-2,11-9)8-5-6-8/h8-9,11H,3-7H2,1-2H3. The summed E-state index contributed by atoms with van der Waals surface area (Å²) in [7, 11) is 0. The molecule has 0 bridgehead atoms. The minimum Gasteiger partial charge on any atom is -0.299 e. The molecule has 2 atom stereocenters. The van der Waals surface area contributed by atoms with Crippen molar-refractivity contribution in [2.45, 2.75) is 50.4 Å². The number of rotatable bonds is 3. The van der Waals surface area contributed by atoms with Crippen molar-refractivity contribution >= 4 is 11.8 Å². The van der Waals surface area contributed by atoms with E-state index in [1.807, 2.05) is 0 Å². The van der Waals surface area contributed by atoms with E-state index in [0.717, 1.165) is 12.0 Å². The van der Waals surface area contributed by atoms with Gasteiger partial charge >= 0.3 is 0 Å². The maximum atomic E-state index is 3.83. The average Bonchev–Trinajstić information content (AvgIpc) is 2.87. The van der Waals surface area contributed by atoms with Crippen molar-refractivity contribution < 1.29 is 0 Å². The SMILES string of the molecule is CCC1CSC(CC)(C2CC2)N1. The van der Waals surface area contributed by atoms with Crippen molar-refractivity contribution in [3.8, 4) is 0 Å². The van der Waals surface area contributed by atoms with Gasteiger partial charge in [-0.1, -0.05) is 13.8 Å². The zero-order valence-electron chi connectivity index (χ0n) is 8.10. The first-order valence-electron chi connectivity index (χ1n) is 5.22. The summed E-state index contributed by atoms with van der Waals surface area (Å²) in [6.07, 6.45) is 5.52. The first kappa shape index (κ1) is 8.89. The first-order chi connectivity index (χ1) is 5.80. The number of hydrogen-bond donors (Lipinski definition) is 1. The topological polar surface area (TPSA) is 12.0 Å². The van der Waals surface area contributed by atoms with E-state index >= 15 is 0 Å². The van der Waals surface area contributed by atoms with E-state index in [1.54, 1.807) is 0 Å². The Kier molecular flexibility index (Phi) is 2.39. The lowest BCUT2D eigenvalue weighted by Gasteiger charge is -2.28. The minimum atomic E-state index is 0.487. The van der Waals surface area contributed by atoms with Crippen LogP contribution < -0.4 is 5.32 Å². The van der Waals surface area contributed by atoms with Crippen LogP contribution in [0.15, 0.2) is 0 Å². The number of thioether (sulfide) groups is 1. The summed E-state index contributed by atoms with van der Waals surface area (Å²) in [5.41, 5.74) is 0. The quantitative estimate of drug-likeness (QED) is 0.725. The Morgan fingerprint density at radius 1 is 1.42 bits per heavy atom. The van der Waals surface area contributed by atoms with Crippen LogP contribution in [-0.4, -0.2) is 16.7 Å². The molecule has 2 aliphatic rings. The molecule has 0 aromatic rings. The molecule has 2 rings (SSSR count). The molecule has 0 aromatic heterocycles. The molecule has 70 valence electrons. The third-order valence-corrected chi connectivity index (χ3v) is 5.07. The van der Waals surface area contributed by atoms with Crippen molar-refractivity contribution in [3.05, 3.63) is 0 Å². The van der Waals surface area contributed by atoms with Gasteiger partial charge < -0.3 is 0 Å². The van der Waals surface area contributed by atoms with Gasteiger partial charge in [0.05, 0.1) is 4.87 Å². The second-order valence-corrected chi connectivity index (χ2v) is 5.43. The Balaban J connectivity index is 2.00. The molecule has 1 aliphatic carbocycles. The van der Waals surface area contributed by atoms with Gasteiger partial charge in [0.15, 0.2) is 0 Å². The lowest BCUT2D eigenvalue weighted by molar-refractivity contribution is 0.381. The van der Waals surface area contributed by atoms with Crippen molar-refractivity contribution in [1.29, 1.82) is 0 Å². The van der Waals surface area contributed by atoms with Gasteiger partial charge in [0.25, 0.3) is 0 Å². The Morgan fingerprint density at radius 2 is 2.17 bits per heavy atom. The average molecular weight is 185 g/mol. The minimum absolute atomic E-state index is 0.487. The predicted molar refractivity (Wildman–Crippen MR) is 55.4 cm³/mol. The molecule has 1 aliphatic heterocycles. The summed E-state index contributed by atoms with van der Waals surface area (Å²) in [5, 5.41) is 3.83. The van der Waals surface area contributed by atoms with Gasteiger partial charge in [0, 0.05) is 11.8 Å². The van der Waals surface area contributed by atoms with Gasteiger partial charge in [0.1, 0.15) is 0 Å². The summed E-state index contributed by atoms with van der Waals surface area (Å²) in [4.78, 5) is 0.487. The molecular formula is C10H19NS. The number of hydrogen-bond acceptors (Lipinski definition) is 2. The van der Waals surface area contributed by atoms with Crippen molar-refractivity contribution in [1.82, 2.24) is 5.32 Å². The molecule has 0 spiro atoms. The normalized spacial score (nSPS) is 42.0. The highest BCUT2D eigenvalue weighted by atomic mass is 32.2. The monoisotopic (exact) mass is 185 g/mol. The fraction of sp³-hybridized carbons (Fsp3) is 1.00. The Hall–Kier alpha value is 0.310. The maximum Gasteiger partial charge on any atom is 0.0673 e. The van der Waals surface area contributed by atoms with Crippen molar-refractivity contribution in [2.24, 2.45) is 5.92 Å². The number of nitrogens with one attached hydrogen (secondary N) is 1. The Labute approximate surface area is 79.7 Å². The zero-order chi connectivity index (χ0) is 8.60. The van der Waals surface area contributed by atoms with Gasteiger partial charge in [-0.25, -0.2) is 0 Å². The molecule has 1 N–H and O–H groups in total. The summed E-state index contributed by atoms with van der Waals surface area (Å²) in [6.45, 7) is 4.62. The third kappa shape index (κ3) is 1.39. The molecule has 1 nitrogen and oxygen atoms in total. The second-order valence-electron chi connectivity index (χ2n) is 4.08. The van der Waals surface area contributed by atoms with E-state index in [-0.39, 0.29) is 0 Å². The van der Waals surface area contributed by atoms with Crippen molar-refractivity contribution in [3.63, 3.8) is 0 Å². The molecule has 0 amide bonds. The van der Waals surface area contributed by atoms with Crippen molar-refractivity contribution in [2.75, 3.05) is 5.75 Å². The van der Waals surface area contributed by atoms with Crippen LogP contribution in [0.4, 0.5) is 0 Å². The van der Waals surface area contributed by atoms with Crippen LogP contribution in [-0.2, 0) is 0 Å². The van der Waals surface area contributed by atoms with E-state index in [4.69, 9.17) is 0 Å². The van der Waals surface area contributed by atoms with Gasteiger partial charge in [-0.2, -0.15) is 0 Å². The molecule has 0 radical (unpaired) electrons. The van der Waals surface area contributed by atoms with E-state index < -0.39 is 0 Å². The highest BCUT2D eigenvalue weighted by molar-refractivity contribution is 8.00. The van der Waals surface area contributed by atoms with Crippen LogP contribution >= 0.6 is 11.8 Å². The van der Waals surface area contributed by atoms with Crippen LogP contribution in [0.3, 0.4) is 0 Å². The second kappa shape index (κ2) is 3.22. The van der Waals surface area contributed by atoms with Gasteiger partial charge in [-0.3, -0.25) is 5.32 Å². The summed E-state index contributed by atoms with van der Waals surface area (Å²) < 4.78 is 0. The first-order valence-corrected chi connectivity index (χ1v) is 6.21. The van der Waals surface area contributed by atoms with E-state index in [1.165, 1.54) is 31.4 Å². The van der Waals surface area contributed by atoms with Crippen LogP contribution in [0.25, 0.3) is 0 Å². The lowest BCUT2D eigenvalue weighted by Crippen LogP contribution is -2.42. The molecule has 1 saturated carbocycles. The fourth-order valence-electron chi connectivity index (χ4n) is 2.18. The lowest BCUT2D eigenvalue weighted by atomic mass is 10.1. The Bertz CT molecular complexity index is 167. The van der Waals surface area contributed by atoms with Crippen LogP contribution in [0.5, 0.6) is 0 Å². The molecule has 12 heavy (non-hydrogen) atoms. The summed E-state index contributed by atoms with van der Waals surface area (Å²) >= 11 is 2.18.